The lowest BCUT2D eigenvalue weighted by atomic mass is 9.67. The number of hydrogen-bond donors (Lipinski definition) is 2. The standard InChI is InChI=1S/C6H14N2/c1-6(4-7)2-5(8)3-6/h5H,2-4,7-8H2,1H3/p+1. The number of quaternary nitrogens is 1. The summed E-state index contributed by atoms with van der Waals surface area (Å²) in [5, 5.41) is 0. The van der Waals surface area contributed by atoms with Crippen LogP contribution in [0.2, 0.25) is 0 Å². The molecule has 0 amide bonds. The molecule has 1 aliphatic rings. The topological polar surface area (TPSA) is 53.7 Å². The quantitative estimate of drug-likeness (QED) is 0.469. The minimum absolute atomic E-state index is 0.474. The van der Waals surface area contributed by atoms with E-state index < -0.39 is 0 Å². The molecule has 0 heterocycles. The van der Waals surface area contributed by atoms with Crippen LogP contribution < -0.4 is 11.5 Å². The molecular weight excluding hydrogens is 100 g/mol. The van der Waals surface area contributed by atoms with Crippen LogP contribution in [0.3, 0.4) is 0 Å². The van der Waals surface area contributed by atoms with Crippen molar-refractivity contribution in [2.75, 3.05) is 6.54 Å². The largest absolute Gasteiger partial charge is 0.357 e. The summed E-state index contributed by atoms with van der Waals surface area (Å²) in [5.74, 6) is 0. The highest BCUT2D eigenvalue weighted by molar-refractivity contribution is 4.91. The Bertz CT molecular complexity index is 84.5. The second-order valence-corrected chi connectivity index (χ2v) is 3.23. The Balaban J connectivity index is 2.30. The van der Waals surface area contributed by atoms with E-state index in [-0.39, 0.29) is 0 Å². The third kappa shape index (κ3) is 0.858. The first-order chi connectivity index (χ1) is 3.66. The maximum atomic E-state index is 5.60. The van der Waals surface area contributed by atoms with Crippen LogP contribution in [0.1, 0.15) is 19.8 Å². The van der Waals surface area contributed by atoms with Gasteiger partial charge in [-0.2, -0.15) is 0 Å². The van der Waals surface area contributed by atoms with Gasteiger partial charge in [-0.25, -0.2) is 0 Å². The Hall–Kier alpha value is -0.0800. The first kappa shape index (κ1) is 6.05. The first-order valence-corrected chi connectivity index (χ1v) is 3.21. The lowest BCUT2D eigenvalue weighted by molar-refractivity contribution is -0.398. The molecule has 0 radical (unpaired) electrons. The highest BCUT2D eigenvalue weighted by atomic mass is 14.7. The lowest BCUT2D eigenvalue weighted by Gasteiger charge is -2.40. The third-order valence-corrected chi connectivity index (χ3v) is 2.11. The van der Waals surface area contributed by atoms with E-state index in [1.807, 2.05) is 0 Å². The van der Waals surface area contributed by atoms with Gasteiger partial charge in [-0.05, 0) is 12.8 Å². The zero-order valence-electron chi connectivity index (χ0n) is 5.48. The highest BCUT2D eigenvalue weighted by Gasteiger charge is 2.38. The fourth-order valence-corrected chi connectivity index (χ4v) is 1.41. The average molecular weight is 115 g/mol. The van der Waals surface area contributed by atoms with Crippen molar-refractivity contribution in [2.45, 2.75) is 25.8 Å². The van der Waals surface area contributed by atoms with E-state index in [0.29, 0.717) is 11.5 Å². The molecule has 0 aliphatic heterocycles. The van der Waals surface area contributed by atoms with Gasteiger partial charge in [0.15, 0.2) is 0 Å². The molecule has 1 aliphatic carbocycles. The first-order valence-electron chi connectivity index (χ1n) is 3.21. The van der Waals surface area contributed by atoms with Crippen molar-refractivity contribution in [3.63, 3.8) is 0 Å². The summed E-state index contributed by atoms with van der Waals surface area (Å²) in [5.41, 5.74) is 9.96. The summed E-state index contributed by atoms with van der Waals surface area (Å²) in [7, 11) is 0. The molecule has 0 aromatic heterocycles. The zero-order valence-corrected chi connectivity index (χ0v) is 5.48. The molecule has 0 saturated heterocycles. The average Bonchev–Trinajstić information content (AvgIpc) is 1.63. The van der Waals surface area contributed by atoms with Gasteiger partial charge in [0, 0.05) is 11.5 Å². The molecule has 0 aromatic carbocycles. The second-order valence-electron chi connectivity index (χ2n) is 3.23. The van der Waals surface area contributed by atoms with Gasteiger partial charge in [-0.3, -0.25) is 0 Å². The Kier molecular flexibility index (Phi) is 1.29. The van der Waals surface area contributed by atoms with Crippen molar-refractivity contribution in [3.8, 4) is 0 Å². The summed E-state index contributed by atoms with van der Waals surface area (Å²) < 4.78 is 0. The summed E-state index contributed by atoms with van der Waals surface area (Å²) in [6.45, 7) is 3.30. The number of rotatable bonds is 1. The molecule has 48 valence electrons. The van der Waals surface area contributed by atoms with Crippen molar-refractivity contribution in [1.82, 2.24) is 0 Å². The van der Waals surface area contributed by atoms with E-state index >= 15 is 0 Å². The second kappa shape index (κ2) is 1.71. The van der Waals surface area contributed by atoms with Gasteiger partial charge < -0.3 is 11.5 Å². The molecule has 0 bridgehead atoms. The molecule has 1 rings (SSSR count). The SMILES string of the molecule is CC1(C[NH3+])CC(N)C1. The van der Waals surface area contributed by atoms with Gasteiger partial charge in [-0.1, -0.05) is 6.92 Å². The van der Waals surface area contributed by atoms with Gasteiger partial charge in [-0.15, -0.1) is 0 Å². The summed E-state index contributed by atoms with van der Waals surface area (Å²) in [6.07, 6.45) is 2.35. The molecule has 8 heavy (non-hydrogen) atoms. The van der Waals surface area contributed by atoms with Crippen LogP contribution in [0, 0.1) is 5.41 Å². The summed E-state index contributed by atoms with van der Waals surface area (Å²) in [6, 6.07) is 0.474. The Morgan fingerprint density at radius 2 is 2.25 bits per heavy atom. The van der Waals surface area contributed by atoms with E-state index in [4.69, 9.17) is 5.73 Å². The molecule has 0 atom stereocenters. The molecule has 1 fully saturated rings. The van der Waals surface area contributed by atoms with E-state index in [9.17, 15) is 0 Å². The van der Waals surface area contributed by atoms with Crippen LogP contribution in [-0.2, 0) is 0 Å². The predicted molar refractivity (Wildman–Crippen MR) is 33.1 cm³/mol. The maximum Gasteiger partial charge on any atom is 0.0795 e. The maximum absolute atomic E-state index is 5.60. The van der Waals surface area contributed by atoms with Gasteiger partial charge in [0.25, 0.3) is 0 Å². The fraction of sp³-hybridized carbons (Fsp3) is 1.00. The van der Waals surface area contributed by atoms with Crippen molar-refractivity contribution in [2.24, 2.45) is 11.1 Å². The molecule has 1 saturated carbocycles. The highest BCUT2D eigenvalue weighted by Crippen LogP contribution is 2.37. The molecule has 2 nitrogen and oxygen atoms in total. The van der Waals surface area contributed by atoms with Crippen LogP contribution in [0.15, 0.2) is 0 Å². The summed E-state index contributed by atoms with van der Waals surface area (Å²) in [4.78, 5) is 0. The minimum atomic E-state index is 0.474. The fourth-order valence-electron chi connectivity index (χ4n) is 1.41. The van der Waals surface area contributed by atoms with Crippen molar-refractivity contribution in [1.29, 1.82) is 0 Å². The van der Waals surface area contributed by atoms with Crippen LogP contribution in [0.4, 0.5) is 0 Å². The lowest BCUT2D eigenvalue weighted by Crippen LogP contribution is -2.63. The van der Waals surface area contributed by atoms with Crippen molar-refractivity contribution < 1.29 is 5.73 Å². The molecule has 5 N–H and O–H groups in total. The van der Waals surface area contributed by atoms with Gasteiger partial charge in [0.05, 0.1) is 6.54 Å². The third-order valence-electron chi connectivity index (χ3n) is 2.11. The van der Waals surface area contributed by atoms with Gasteiger partial charge in [0.1, 0.15) is 0 Å². The zero-order chi connectivity index (χ0) is 6.20. The summed E-state index contributed by atoms with van der Waals surface area (Å²) >= 11 is 0. The molecular formula is C6H15N2+. The normalized spacial score (nSPS) is 46.1. The molecule has 0 spiro atoms. The molecule has 2 heteroatoms. The van der Waals surface area contributed by atoms with Crippen molar-refractivity contribution >= 4 is 0 Å². The van der Waals surface area contributed by atoms with E-state index in [1.54, 1.807) is 0 Å². The van der Waals surface area contributed by atoms with E-state index in [1.165, 1.54) is 12.8 Å². The van der Waals surface area contributed by atoms with E-state index in [0.717, 1.165) is 6.54 Å². The Labute approximate surface area is 50.2 Å². The van der Waals surface area contributed by atoms with E-state index in [2.05, 4.69) is 12.7 Å². The Morgan fingerprint density at radius 1 is 1.75 bits per heavy atom. The number of hydrogen-bond acceptors (Lipinski definition) is 1. The smallest absolute Gasteiger partial charge is 0.0795 e. The van der Waals surface area contributed by atoms with Gasteiger partial charge >= 0.3 is 0 Å². The molecule has 0 aromatic rings. The number of nitrogens with two attached hydrogens (primary N) is 1. The van der Waals surface area contributed by atoms with Crippen LogP contribution >= 0.6 is 0 Å². The minimum Gasteiger partial charge on any atom is -0.357 e. The van der Waals surface area contributed by atoms with Crippen LogP contribution in [-0.4, -0.2) is 12.6 Å². The molecule has 0 unspecified atom stereocenters. The predicted octanol–water partition coefficient (Wildman–Crippen LogP) is -0.644. The van der Waals surface area contributed by atoms with Crippen molar-refractivity contribution in [3.05, 3.63) is 0 Å². The van der Waals surface area contributed by atoms with Gasteiger partial charge in [0.2, 0.25) is 0 Å². The van der Waals surface area contributed by atoms with Crippen LogP contribution in [0.5, 0.6) is 0 Å². The van der Waals surface area contributed by atoms with Crippen LogP contribution in [0.25, 0.3) is 0 Å². The Morgan fingerprint density at radius 3 is 2.38 bits per heavy atom. The monoisotopic (exact) mass is 115 g/mol.